The Hall–Kier alpha value is -6.21. The second kappa shape index (κ2) is 13.9. The summed E-state index contributed by atoms with van der Waals surface area (Å²) >= 11 is 0. The summed E-state index contributed by atoms with van der Waals surface area (Å²) in [5.41, 5.74) is 3.56. The third-order valence-electron chi connectivity index (χ3n) is 14.1. The van der Waals surface area contributed by atoms with Crippen LogP contribution in [0.3, 0.4) is 0 Å². The number of nitrogens with zero attached hydrogens (tertiary/aromatic N) is 4. The molecule has 312 valence electrons. The summed E-state index contributed by atoms with van der Waals surface area (Å²) in [5.74, 6) is -1.55. The number of halogens is 1. The average Bonchev–Trinajstić information content (AvgIpc) is 4.05. The third-order valence-corrected chi connectivity index (χ3v) is 16.6. The van der Waals surface area contributed by atoms with E-state index in [2.05, 4.69) is 0 Å². The Labute approximate surface area is 359 Å². The van der Waals surface area contributed by atoms with Crippen molar-refractivity contribution in [1.29, 1.82) is 0 Å². The molecule has 6 aromatic rings. The SMILES string of the molecule is C[C@@H]1[C@@H]([Si](C)(C)F)[C@H](CC(=O)N2CCC[C@H]2CO)O[C@@]12C(=O)N(Cc1ccc(N3C(=O)c4cccc5cccc3c45)cc1)c1ccc(N3C(=O)c4cccc5cccc3c45)cc12. The lowest BCUT2D eigenvalue weighted by atomic mass is 9.82. The van der Waals surface area contributed by atoms with E-state index >= 15 is 8.90 Å². The number of amides is 4. The van der Waals surface area contributed by atoms with E-state index in [-0.39, 0.29) is 49.2 Å². The van der Waals surface area contributed by atoms with Gasteiger partial charge in [0.05, 0.1) is 59.9 Å². The van der Waals surface area contributed by atoms with Gasteiger partial charge in [0.25, 0.3) is 17.7 Å². The van der Waals surface area contributed by atoms with Crippen LogP contribution in [0.1, 0.15) is 58.0 Å². The summed E-state index contributed by atoms with van der Waals surface area (Å²) in [6, 6.07) is 35.9. The highest BCUT2D eigenvalue weighted by Crippen LogP contribution is 2.61. The minimum Gasteiger partial charge on any atom is -0.394 e. The fraction of sp³-hybridized carbons (Fsp3) is 0.280. The zero-order valence-electron chi connectivity index (χ0n) is 34.7. The molecule has 0 unspecified atom stereocenters. The molecule has 2 fully saturated rings. The van der Waals surface area contributed by atoms with Crippen molar-refractivity contribution in [3.8, 4) is 0 Å². The van der Waals surface area contributed by atoms with Crippen molar-refractivity contribution in [2.24, 2.45) is 5.92 Å². The molecule has 0 bridgehead atoms. The molecule has 0 radical (unpaired) electrons. The maximum absolute atomic E-state index is 16.8. The van der Waals surface area contributed by atoms with Crippen molar-refractivity contribution in [2.45, 2.75) is 69.1 Å². The zero-order valence-corrected chi connectivity index (χ0v) is 35.7. The summed E-state index contributed by atoms with van der Waals surface area (Å²) < 4.78 is 23.9. The van der Waals surface area contributed by atoms with Crippen LogP contribution in [0.5, 0.6) is 0 Å². The minimum atomic E-state index is -3.63. The number of hydrogen-bond donors (Lipinski definition) is 1. The molecular weight excluding hydrogens is 800 g/mol. The molecule has 5 atom stereocenters. The number of rotatable bonds is 8. The normalized spacial score (nSPS) is 23.9. The van der Waals surface area contributed by atoms with Gasteiger partial charge < -0.3 is 23.8 Å². The van der Waals surface area contributed by atoms with Crippen molar-refractivity contribution < 1.29 is 33.1 Å². The van der Waals surface area contributed by atoms with Crippen molar-refractivity contribution in [3.63, 3.8) is 0 Å². The van der Waals surface area contributed by atoms with Crippen molar-refractivity contribution in [3.05, 3.63) is 138 Å². The van der Waals surface area contributed by atoms with Crippen LogP contribution in [0.25, 0.3) is 21.5 Å². The number of aliphatic hydroxyl groups excluding tert-OH is 1. The molecule has 4 amide bonds. The van der Waals surface area contributed by atoms with Crippen LogP contribution in [0.15, 0.2) is 115 Å². The Morgan fingerprint density at radius 3 is 1.97 bits per heavy atom. The smallest absolute Gasteiger partial charge is 0.264 e. The highest BCUT2D eigenvalue weighted by Gasteiger charge is 2.67. The molecule has 2 saturated heterocycles. The molecule has 11 rings (SSSR count). The second-order valence-electron chi connectivity index (χ2n) is 17.9. The minimum absolute atomic E-state index is 0.104. The van der Waals surface area contributed by atoms with Gasteiger partial charge in [0, 0.05) is 45.7 Å². The van der Waals surface area contributed by atoms with Gasteiger partial charge in [-0.1, -0.05) is 67.6 Å². The number of ether oxygens (including phenoxy) is 1. The standard InChI is InChI=1S/C50H45FN4O6Si/c1-29-46(62(2,3)51)42(26-43(57)52-24-8-13-35(52)28-56)61-50(29)38-25-34(55-41-17-7-12-32-10-5-15-37(45(32)41)48(55)59)22-23-39(38)53(49(50)60)27-30-18-20-33(21-19-30)54-40-16-6-11-31-9-4-14-36(44(31)40)47(54)58/h4-7,9-12,14-23,25,29,35,42,46,56H,8,13,24,26-28H2,1-3H3/t29-,35+,42+,46-,50+/m1/s1. The van der Waals surface area contributed by atoms with Gasteiger partial charge in [-0.25, -0.2) is 0 Å². The molecule has 1 N–H and O–H groups in total. The highest BCUT2D eigenvalue weighted by molar-refractivity contribution is 6.72. The number of carbonyl (C=O) groups excluding carboxylic acids is 4. The van der Waals surface area contributed by atoms with E-state index in [9.17, 15) is 19.5 Å². The number of aliphatic hydroxyl groups is 1. The van der Waals surface area contributed by atoms with E-state index in [1.165, 1.54) is 0 Å². The van der Waals surface area contributed by atoms with Gasteiger partial charge in [-0.15, -0.1) is 0 Å². The van der Waals surface area contributed by atoms with Gasteiger partial charge in [0.15, 0.2) is 5.60 Å². The topological polar surface area (TPSA) is 111 Å². The first-order valence-electron chi connectivity index (χ1n) is 21.5. The summed E-state index contributed by atoms with van der Waals surface area (Å²) in [6.07, 6.45) is 0.440. The predicted molar refractivity (Wildman–Crippen MR) is 239 cm³/mol. The van der Waals surface area contributed by atoms with E-state index in [1.54, 1.807) is 32.7 Å². The lowest BCUT2D eigenvalue weighted by molar-refractivity contribution is -0.150. The fourth-order valence-electron chi connectivity index (χ4n) is 11.5. The number of carbonyl (C=O) groups is 4. The molecule has 5 aliphatic heterocycles. The monoisotopic (exact) mass is 844 g/mol. The van der Waals surface area contributed by atoms with Gasteiger partial charge >= 0.3 is 0 Å². The van der Waals surface area contributed by atoms with Gasteiger partial charge in [-0.3, -0.25) is 29.0 Å². The van der Waals surface area contributed by atoms with Gasteiger partial charge in [-0.2, -0.15) is 0 Å². The van der Waals surface area contributed by atoms with Crippen LogP contribution in [-0.4, -0.2) is 67.3 Å². The first-order chi connectivity index (χ1) is 29.9. The Bertz CT molecular complexity index is 2910. The average molecular weight is 845 g/mol. The van der Waals surface area contributed by atoms with Crippen LogP contribution in [0, 0.1) is 5.92 Å². The lowest BCUT2D eigenvalue weighted by Gasteiger charge is -2.31. The molecule has 0 aromatic heterocycles. The quantitative estimate of drug-likeness (QED) is 0.121. The Morgan fingerprint density at radius 1 is 0.790 bits per heavy atom. The summed E-state index contributed by atoms with van der Waals surface area (Å²) in [7, 11) is -3.63. The summed E-state index contributed by atoms with van der Waals surface area (Å²) in [5, 5.41) is 13.8. The number of fused-ring (bicyclic) bond motifs is 2. The highest BCUT2D eigenvalue weighted by atomic mass is 28.4. The molecule has 12 heteroatoms. The Balaban J connectivity index is 0.988. The van der Waals surface area contributed by atoms with Crippen molar-refractivity contribution in [2.75, 3.05) is 27.9 Å². The van der Waals surface area contributed by atoms with E-state index in [1.807, 2.05) is 122 Å². The van der Waals surface area contributed by atoms with Gasteiger partial charge in [0.2, 0.25) is 14.3 Å². The first kappa shape index (κ1) is 38.7. The number of anilines is 5. The first-order valence-corrected chi connectivity index (χ1v) is 24.4. The Morgan fingerprint density at radius 2 is 1.37 bits per heavy atom. The maximum atomic E-state index is 16.8. The van der Waals surface area contributed by atoms with Gasteiger partial charge in [-0.05, 0) is 96.9 Å². The summed E-state index contributed by atoms with van der Waals surface area (Å²) in [4.78, 5) is 64.1. The lowest BCUT2D eigenvalue weighted by Crippen LogP contribution is -2.45. The molecule has 5 aliphatic rings. The van der Waals surface area contributed by atoms with E-state index in [0.29, 0.717) is 46.7 Å². The maximum Gasteiger partial charge on any atom is 0.264 e. The Kier molecular flexibility index (Phi) is 8.67. The zero-order chi connectivity index (χ0) is 42.8. The van der Waals surface area contributed by atoms with Crippen molar-refractivity contribution in [1.82, 2.24) is 4.90 Å². The number of likely N-dealkylation sites (tertiary alicyclic amines) is 1. The second-order valence-corrected chi connectivity index (χ2v) is 21.7. The van der Waals surface area contributed by atoms with E-state index < -0.39 is 31.6 Å². The molecule has 1 spiro atoms. The van der Waals surface area contributed by atoms with Crippen LogP contribution in [0.4, 0.5) is 32.5 Å². The largest absolute Gasteiger partial charge is 0.394 e. The molecule has 0 saturated carbocycles. The van der Waals surface area contributed by atoms with Crippen LogP contribution in [0.2, 0.25) is 18.6 Å². The molecule has 5 heterocycles. The molecule has 0 aliphatic carbocycles. The third kappa shape index (κ3) is 5.45. The molecule has 62 heavy (non-hydrogen) atoms. The summed E-state index contributed by atoms with van der Waals surface area (Å²) in [6.45, 7) is 5.59. The number of hydrogen-bond acceptors (Lipinski definition) is 6. The van der Waals surface area contributed by atoms with Crippen LogP contribution in [-0.2, 0) is 26.5 Å². The van der Waals surface area contributed by atoms with Crippen LogP contribution >= 0.6 is 0 Å². The van der Waals surface area contributed by atoms with Crippen LogP contribution < -0.4 is 14.7 Å². The van der Waals surface area contributed by atoms with E-state index in [0.717, 1.165) is 44.9 Å². The predicted octanol–water partition coefficient (Wildman–Crippen LogP) is 9.27. The van der Waals surface area contributed by atoms with E-state index in [4.69, 9.17) is 4.74 Å². The fourth-order valence-corrected chi connectivity index (χ4v) is 13.9. The van der Waals surface area contributed by atoms with Gasteiger partial charge in [0.1, 0.15) is 0 Å². The molecule has 10 nitrogen and oxygen atoms in total. The van der Waals surface area contributed by atoms with Crippen molar-refractivity contribution >= 4 is 82.0 Å². The molecular formula is C50H45FN4O6Si. The number of benzene rings is 6. The molecule has 6 aromatic carbocycles.